The number of halogens is 1. The largest absolute Gasteiger partial charge is 0.274 e. The number of benzene rings is 1. The quantitative estimate of drug-likeness (QED) is 0.451. The van der Waals surface area contributed by atoms with Gasteiger partial charge in [0.2, 0.25) is 10.0 Å². The maximum atomic E-state index is 12.4. The van der Waals surface area contributed by atoms with Crippen molar-refractivity contribution in [1.82, 2.24) is 9.71 Å². The number of sulfonamides is 1. The van der Waals surface area contributed by atoms with Crippen molar-refractivity contribution in [3.63, 3.8) is 0 Å². The third kappa shape index (κ3) is 5.23. The molecule has 1 aromatic heterocycles. The molecule has 1 amide bonds. The van der Waals surface area contributed by atoms with Crippen LogP contribution in [-0.2, 0) is 16.6 Å². The van der Waals surface area contributed by atoms with Gasteiger partial charge in [0, 0.05) is 11.2 Å². The molecule has 0 atom stereocenters. The molecular formula is C16H19ClN4O3S. The van der Waals surface area contributed by atoms with Crippen LogP contribution in [0.15, 0.2) is 36.5 Å². The standard InChI is InChI=1S/C16H19ClN4O3S/c1-3-25(23,24)20-10-14-5-4-12(9-19-14)16(22)21(18)15-7-11(2)6-13(17)8-15/h4-9,20H,3,10,18H2,1-2H3. The number of aryl methyl sites for hydroxylation is 1. The van der Waals surface area contributed by atoms with Crippen molar-refractivity contribution in [2.75, 3.05) is 10.8 Å². The first kappa shape index (κ1) is 19.3. The van der Waals surface area contributed by atoms with Gasteiger partial charge in [-0.1, -0.05) is 11.6 Å². The van der Waals surface area contributed by atoms with Gasteiger partial charge in [-0.05, 0) is 49.7 Å². The second-order valence-corrected chi connectivity index (χ2v) is 7.96. The van der Waals surface area contributed by atoms with E-state index in [1.165, 1.54) is 6.20 Å². The van der Waals surface area contributed by atoms with Crippen molar-refractivity contribution in [3.05, 3.63) is 58.4 Å². The number of amides is 1. The molecular weight excluding hydrogens is 364 g/mol. The highest BCUT2D eigenvalue weighted by Gasteiger charge is 2.16. The number of aromatic nitrogens is 1. The molecule has 0 unspecified atom stereocenters. The number of nitrogens with two attached hydrogens (primary N) is 1. The summed E-state index contributed by atoms with van der Waals surface area (Å²) in [5.74, 6) is 5.43. The molecule has 134 valence electrons. The number of rotatable bonds is 6. The Kier molecular flexibility index (Phi) is 6.12. The fourth-order valence-electron chi connectivity index (χ4n) is 2.05. The van der Waals surface area contributed by atoms with E-state index >= 15 is 0 Å². The third-order valence-electron chi connectivity index (χ3n) is 3.45. The molecule has 0 aliphatic heterocycles. The Morgan fingerprint density at radius 2 is 2.04 bits per heavy atom. The number of nitrogens with zero attached hydrogens (tertiary/aromatic N) is 2. The SMILES string of the molecule is CCS(=O)(=O)NCc1ccc(C(=O)N(N)c2cc(C)cc(Cl)c2)cn1. The van der Waals surface area contributed by atoms with Crippen LogP contribution < -0.4 is 15.6 Å². The summed E-state index contributed by atoms with van der Waals surface area (Å²) in [7, 11) is -3.30. The molecule has 9 heteroatoms. The summed E-state index contributed by atoms with van der Waals surface area (Å²) in [5, 5.41) is 1.48. The Balaban J connectivity index is 2.11. The van der Waals surface area contributed by atoms with Gasteiger partial charge in [-0.3, -0.25) is 9.78 Å². The molecule has 3 N–H and O–H groups in total. The summed E-state index contributed by atoms with van der Waals surface area (Å²) < 4.78 is 25.3. The van der Waals surface area contributed by atoms with Gasteiger partial charge < -0.3 is 0 Å². The van der Waals surface area contributed by atoms with Crippen LogP contribution >= 0.6 is 11.6 Å². The van der Waals surface area contributed by atoms with Crippen LogP contribution in [0, 0.1) is 6.92 Å². The number of nitrogens with one attached hydrogen (secondary N) is 1. The summed E-state index contributed by atoms with van der Waals surface area (Å²) in [6, 6.07) is 8.21. The molecule has 0 bridgehead atoms. The second-order valence-electron chi connectivity index (χ2n) is 5.42. The number of carbonyl (C=O) groups excluding carboxylic acids is 1. The molecule has 0 saturated heterocycles. The molecule has 2 rings (SSSR count). The van der Waals surface area contributed by atoms with Gasteiger partial charge in [-0.25, -0.2) is 24.0 Å². The average molecular weight is 383 g/mol. The molecule has 25 heavy (non-hydrogen) atoms. The van der Waals surface area contributed by atoms with Crippen LogP contribution in [0.4, 0.5) is 5.69 Å². The lowest BCUT2D eigenvalue weighted by atomic mass is 10.2. The zero-order chi connectivity index (χ0) is 18.6. The Morgan fingerprint density at radius 1 is 1.32 bits per heavy atom. The minimum absolute atomic E-state index is 0.00917. The van der Waals surface area contributed by atoms with Gasteiger partial charge in [0.1, 0.15) is 0 Å². The van der Waals surface area contributed by atoms with Crippen LogP contribution in [0.5, 0.6) is 0 Å². The minimum Gasteiger partial charge on any atom is -0.267 e. The lowest BCUT2D eigenvalue weighted by molar-refractivity contribution is 0.0986. The van der Waals surface area contributed by atoms with Gasteiger partial charge in [-0.2, -0.15) is 0 Å². The Morgan fingerprint density at radius 3 is 2.60 bits per heavy atom. The molecule has 0 spiro atoms. The van der Waals surface area contributed by atoms with Crippen molar-refractivity contribution in [3.8, 4) is 0 Å². The Labute approximate surface area is 151 Å². The van der Waals surface area contributed by atoms with Crippen molar-refractivity contribution in [2.45, 2.75) is 20.4 Å². The van der Waals surface area contributed by atoms with Gasteiger partial charge >= 0.3 is 0 Å². The highest BCUT2D eigenvalue weighted by molar-refractivity contribution is 7.89. The molecule has 0 radical (unpaired) electrons. The van der Waals surface area contributed by atoms with Crippen LogP contribution in [0.2, 0.25) is 5.02 Å². The van der Waals surface area contributed by atoms with Crippen molar-refractivity contribution in [1.29, 1.82) is 0 Å². The lowest BCUT2D eigenvalue weighted by Crippen LogP contribution is -2.37. The molecule has 0 fully saturated rings. The normalized spacial score (nSPS) is 11.4. The highest BCUT2D eigenvalue weighted by atomic mass is 35.5. The monoisotopic (exact) mass is 382 g/mol. The van der Waals surface area contributed by atoms with Crippen LogP contribution in [-0.4, -0.2) is 25.1 Å². The Bertz CT molecular complexity index is 849. The zero-order valence-corrected chi connectivity index (χ0v) is 15.4. The zero-order valence-electron chi connectivity index (χ0n) is 13.9. The molecule has 0 saturated carbocycles. The molecule has 7 nitrogen and oxygen atoms in total. The van der Waals surface area contributed by atoms with Gasteiger partial charge in [-0.15, -0.1) is 0 Å². The highest BCUT2D eigenvalue weighted by Crippen LogP contribution is 2.21. The lowest BCUT2D eigenvalue weighted by Gasteiger charge is -2.17. The number of hydrogen-bond acceptors (Lipinski definition) is 5. The molecule has 1 aromatic carbocycles. The smallest absolute Gasteiger partial charge is 0.267 e. The van der Waals surface area contributed by atoms with E-state index in [1.54, 1.807) is 37.3 Å². The summed E-state index contributed by atoms with van der Waals surface area (Å²) in [6.07, 6.45) is 1.36. The van der Waals surface area contributed by atoms with E-state index in [0.29, 0.717) is 16.4 Å². The molecule has 1 heterocycles. The summed E-state index contributed by atoms with van der Waals surface area (Å²) in [5.41, 5.74) is 2.12. The second kappa shape index (κ2) is 7.92. The molecule has 0 aliphatic carbocycles. The van der Waals surface area contributed by atoms with Crippen molar-refractivity contribution < 1.29 is 13.2 Å². The summed E-state index contributed by atoms with van der Waals surface area (Å²) in [4.78, 5) is 16.5. The van der Waals surface area contributed by atoms with Crippen molar-refractivity contribution >= 4 is 33.2 Å². The topological polar surface area (TPSA) is 105 Å². The first-order valence-electron chi connectivity index (χ1n) is 7.50. The molecule has 0 aliphatic rings. The van der Waals surface area contributed by atoms with E-state index in [4.69, 9.17) is 17.4 Å². The van der Waals surface area contributed by atoms with Crippen molar-refractivity contribution in [2.24, 2.45) is 5.84 Å². The first-order chi connectivity index (χ1) is 11.7. The first-order valence-corrected chi connectivity index (χ1v) is 9.53. The van der Waals surface area contributed by atoms with E-state index in [9.17, 15) is 13.2 Å². The van der Waals surface area contributed by atoms with Gasteiger partial charge in [0.25, 0.3) is 5.91 Å². The third-order valence-corrected chi connectivity index (χ3v) is 5.01. The predicted octanol–water partition coefficient (Wildman–Crippen LogP) is 2.00. The fourth-order valence-corrected chi connectivity index (χ4v) is 2.91. The van der Waals surface area contributed by atoms with Crippen LogP contribution in [0.3, 0.4) is 0 Å². The van der Waals surface area contributed by atoms with E-state index in [2.05, 4.69) is 9.71 Å². The Hall–Kier alpha value is -2.00. The number of carbonyl (C=O) groups is 1. The van der Waals surface area contributed by atoms with E-state index in [1.807, 2.05) is 6.92 Å². The van der Waals surface area contributed by atoms with Gasteiger partial charge in [0.05, 0.1) is 29.2 Å². The minimum atomic E-state index is -3.30. The number of hydrogen-bond donors (Lipinski definition) is 2. The fraction of sp³-hybridized carbons (Fsp3) is 0.250. The number of pyridine rings is 1. The van der Waals surface area contributed by atoms with E-state index < -0.39 is 15.9 Å². The van der Waals surface area contributed by atoms with Crippen LogP contribution in [0.25, 0.3) is 0 Å². The van der Waals surface area contributed by atoms with E-state index in [0.717, 1.165) is 10.6 Å². The summed E-state index contributed by atoms with van der Waals surface area (Å²) >= 11 is 5.99. The van der Waals surface area contributed by atoms with E-state index in [-0.39, 0.29) is 17.9 Å². The molecule has 2 aromatic rings. The maximum absolute atomic E-state index is 12.4. The predicted molar refractivity (Wildman–Crippen MR) is 97.7 cm³/mol. The average Bonchev–Trinajstić information content (AvgIpc) is 2.58. The number of hydrazine groups is 1. The van der Waals surface area contributed by atoms with Gasteiger partial charge in [0.15, 0.2) is 0 Å². The summed E-state index contributed by atoms with van der Waals surface area (Å²) in [6.45, 7) is 3.46. The van der Waals surface area contributed by atoms with Crippen LogP contribution in [0.1, 0.15) is 28.5 Å². The number of anilines is 1. The maximum Gasteiger partial charge on any atom is 0.274 e.